The number of fused-ring (bicyclic) bond motifs is 4. The standard InChI is InChI=1S/C27H33FO4/c1-16-13-17(28)3-4-18(16)20-14-25(2)21(5-6-23(25)29)19-7-9-26(30)15-27(31-11-12-32-27)10-8-22(26)24(19)20/h3-4,13,19-21,30H,5-12,14-15H2,1-2H3/t19?,20-,21?,25+,26-/m1/s1. The number of ketones is 1. The number of carbonyl (C=O) groups is 1. The molecule has 1 heterocycles. The number of hydrogen-bond donors (Lipinski definition) is 1. The van der Waals surface area contributed by atoms with E-state index in [9.17, 15) is 14.3 Å². The fourth-order valence-corrected chi connectivity index (χ4v) is 8.09. The molecule has 1 spiro atoms. The number of ether oxygens (including phenoxy) is 2. The van der Waals surface area contributed by atoms with Gasteiger partial charge in [0, 0.05) is 30.6 Å². The highest BCUT2D eigenvalue weighted by Gasteiger charge is 2.60. The molecule has 0 aromatic heterocycles. The second-order valence-corrected chi connectivity index (χ2v) is 11.1. The van der Waals surface area contributed by atoms with E-state index in [4.69, 9.17) is 9.47 Å². The lowest BCUT2D eigenvalue weighted by Gasteiger charge is -2.55. The van der Waals surface area contributed by atoms with Gasteiger partial charge in [0.05, 0.1) is 18.8 Å². The monoisotopic (exact) mass is 440 g/mol. The first-order valence-electron chi connectivity index (χ1n) is 12.3. The maximum Gasteiger partial charge on any atom is 0.171 e. The highest BCUT2D eigenvalue weighted by Crippen LogP contribution is 2.64. The molecule has 4 nitrogen and oxygen atoms in total. The largest absolute Gasteiger partial charge is 0.385 e. The van der Waals surface area contributed by atoms with Crippen molar-refractivity contribution in [2.45, 2.75) is 82.5 Å². The molecule has 5 heteroatoms. The number of allylic oxidation sites excluding steroid dienone is 1. The minimum Gasteiger partial charge on any atom is -0.385 e. The average molecular weight is 441 g/mol. The van der Waals surface area contributed by atoms with Crippen molar-refractivity contribution in [3.63, 3.8) is 0 Å². The van der Waals surface area contributed by atoms with Crippen molar-refractivity contribution in [3.05, 3.63) is 46.3 Å². The van der Waals surface area contributed by atoms with E-state index < -0.39 is 11.4 Å². The Kier molecular flexibility index (Phi) is 4.58. The third-order valence-electron chi connectivity index (χ3n) is 9.54. The Hall–Kier alpha value is -1.56. The van der Waals surface area contributed by atoms with Crippen LogP contribution in [-0.2, 0) is 14.3 Å². The van der Waals surface area contributed by atoms with Gasteiger partial charge in [-0.25, -0.2) is 4.39 Å². The first kappa shape index (κ1) is 21.0. The number of benzene rings is 1. The Bertz CT molecular complexity index is 1010. The van der Waals surface area contributed by atoms with Gasteiger partial charge >= 0.3 is 0 Å². The lowest BCUT2D eigenvalue weighted by Crippen LogP contribution is -2.53. The molecule has 2 unspecified atom stereocenters. The number of Topliss-reactive ketones (excluding diaryl/α,β-unsaturated/α-hetero) is 1. The molecule has 4 fully saturated rings. The molecule has 1 aromatic carbocycles. The molecule has 4 aliphatic carbocycles. The maximum atomic E-state index is 14.0. The summed E-state index contributed by atoms with van der Waals surface area (Å²) in [7, 11) is 0. The smallest absolute Gasteiger partial charge is 0.171 e. The molecule has 1 aliphatic heterocycles. The van der Waals surface area contributed by atoms with Crippen molar-refractivity contribution in [2.75, 3.05) is 13.2 Å². The van der Waals surface area contributed by atoms with E-state index in [1.54, 1.807) is 12.1 Å². The lowest BCUT2D eigenvalue weighted by atomic mass is 9.51. The van der Waals surface area contributed by atoms with Crippen LogP contribution in [0.15, 0.2) is 29.3 Å². The van der Waals surface area contributed by atoms with Crippen LogP contribution in [0.4, 0.5) is 4.39 Å². The number of rotatable bonds is 1. The molecule has 0 radical (unpaired) electrons. The minimum absolute atomic E-state index is 0.0465. The zero-order valence-corrected chi connectivity index (χ0v) is 19.1. The van der Waals surface area contributed by atoms with E-state index in [1.807, 2.05) is 13.0 Å². The van der Waals surface area contributed by atoms with Crippen LogP contribution in [0.25, 0.3) is 0 Å². The van der Waals surface area contributed by atoms with Gasteiger partial charge in [-0.15, -0.1) is 0 Å². The maximum absolute atomic E-state index is 14.0. The molecule has 5 atom stereocenters. The molecule has 1 N–H and O–H groups in total. The predicted octanol–water partition coefficient (Wildman–Crippen LogP) is 4.97. The summed E-state index contributed by atoms with van der Waals surface area (Å²) in [5.74, 6) is 0.197. The van der Waals surface area contributed by atoms with Crippen molar-refractivity contribution in [2.24, 2.45) is 17.3 Å². The summed E-state index contributed by atoms with van der Waals surface area (Å²) in [6.07, 6.45) is 5.95. The van der Waals surface area contributed by atoms with Crippen molar-refractivity contribution in [1.29, 1.82) is 0 Å². The fraction of sp³-hybridized carbons (Fsp3) is 0.667. The van der Waals surface area contributed by atoms with Crippen LogP contribution in [-0.4, -0.2) is 35.5 Å². The lowest BCUT2D eigenvalue weighted by molar-refractivity contribution is -0.208. The Morgan fingerprint density at radius 3 is 2.66 bits per heavy atom. The summed E-state index contributed by atoms with van der Waals surface area (Å²) in [5, 5.41) is 11.9. The summed E-state index contributed by atoms with van der Waals surface area (Å²) < 4.78 is 25.9. The highest BCUT2D eigenvalue weighted by molar-refractivity contribution is 5.87. The van der Waals surface area contributed by atoms with Gasteiger partial charge in [-0.2, -0.15) is 0 Å². The van der Waals surface area contributed by atoms with Crippen molar-refractivity contribution in [3.8, 4) is 0 Å². The molecule has 172 valence electrons. The van der Waals surface area contributed by atoms with Crippen LogP contribution < -0.4 is 0 Å². The third-order valence-corrected chi connectivity index (χ3v) is 9.54. The number of halogens is 1. The predicted molar refractivity (Wildman–Crippen MR) is 118 cm³/mol. The molecule has 0 bridgehead atoms. The number of carbonyl (C=O) groups excluding carboxylic acids is 1. The first-order valence-corrected chi connectivity index (χ1v) is 12.3. The third kappa shape index (κ3) is 2.87. The van der Waals surface area contributed by atoms with Crippen LogP contribution in [0.5, 0.6) is 0 Å². The van der Waals surface area contributed by atoms with Gasteiger partial charge in [-0.1, -0.05) is 18.6 Å². The number of aryl methyl sites for hydroxylation is 1. The molecule has 6 rings (SSSR count). The first-order chi connectivity index (χ1) is 15.2. The van der Waals surface area contributed by atoms with E-state index in [-0.39, 0.29) is 17.2 Å². The van der Waals surface area contributed by atoms with Gasteiger partial charge in [0.25, 0.3) is 0 Å². The van der Waals surface area contributed by atoms with Gasteiger partial charge in [0.1, 0.15) is 11.6 Å². The van der Waals surface area contributed by atoms with Gasteiger partial charge in [0.15, 0.2) is 5.79 Å². The van der Waals surface area contributed by atoms with Crippen molar-refractivity contribution in [1.82, 2.24) is 0 Å². The van der Waals surface area contributed by atoms with E-state index >= 15 is 0 Å². The molecule has 0 amide bonds. The number of hydrogen-bond acceptors (Lipinski definition) is 4. The topological polar surface area (TPSA) is 55.8 Å². The molecule has 1 saturated heterocycles. The van der Waals surface area contributed by atoms with Crippen LogP contribution in [0.2, 0.25) is 0 Å². The SMILES string of the molecule is Cc1cc(F)ccc1[C@H]1C[C@]2(C)C(=O)CCC2C2CC[C@@]3(O)CC4(CCC3=C21)OCCO4. The van der Waals surface area contributed by atoms with E-state index in [2.05, 4.69) is 6.92 Å². The second-order valence-electron chi connectivity index (χ2n) is 11.1. The van der Waals surface area contributed by atoms with Crippen LogP contribution in [0.1, 0.15) is 75.3 Å². The molecule has 32 heavy (non-hydrogen) atoms. The minimum atomic E-state index is -0.920. The van der Waals surface area contributed by atoms with E-state index in [0.717, 1.165) is 48.8 Å². The highest BCUT2D eigenvalue weighted by atomic mass is 19.1. The van der Waals surface area contributed by atoms with E-state index in [0.29, 0.717) is 50.1 Å². The summed E-state index contributed by atoms with van der Waals surface area (Å²) >= 11 is 0. The second kappa shape index (κ2) is 6.97. The molecule has 5 aliphatic rings. The number of aliphatic hydroxyl groups is 1. The Balaban J connectivity index is 1.50. The Morgan fingerprint density at radius 2 is 1.91 bits per heavy atom. The normalized spacial score (nSPS) is 40.4. The van der Waals surface area contributed by atoms with Gasteiger partial charge in [0.2, 0.25) is 0 Å². The molecule has 3 saturated carbocycles. The molecular formula is C27H33FO4. The fourth-order valence-electron chi connectivity index (χ4n) is 8.09. The quantitative estimate of drug-likeness (QED) is 0.627. The van der Waals surface area contributed by atoms with Crippen molar-refractivity contribution < 1.29 is 23.8 Å². The summed E-state index contributed by atoms with van der Waals surface area (Å²) in [6, 6.07) is 5.05. The molecular weight excluding hydrogens is 407 g/mol. The van der Waals surface area contributed by atoms with Crippen molar-refractivity contribution >= 4 is 5.78 Å². The molecule has 1 aromatic rings. The summed E-state index contributed by atoms with van der Waals surface area (Å²) in [5.41, 5.74) is 3.29. The van der Waals surface area contributed by atoms with Gasteiger partial charge < -0.3 is 14.6 Å². The zero-order chi connectivity index (χ0) is 22.3. The van der Waals surface area contributed by atoms with E-state index in [1.165, 1.54) is 5.57 Å². The van der Waals surface area contributed by atoms with Crippen LogP contribution in [0, 0.1) is 30.0 Å². The average Bonchev–Trinajstić information content (AvgIpc) is 3.31. The summed E-state index contributed by atoms with van der Waals surface area (Å²) in [6.45, 7) is 5.31. The van der Waals surface area contributed by atoms with Gasteiger partial charge in [-0.05, 0) is 79.7 Å². The zero-order valence-electron chi connectivity index (χ0n) is 19.1. The van der Waals surface area contributed by atoms with Gasteiger partial charge in [-0.3, -0.25) is 4.79 Å². The summed E-state index contributed by atoms with van der Waals surface area (Å²) in [4.78, 5) is 13.1. The van der Waals surface area contributed by atoms with Crippen LogP contribution in [0.3, 0.4) is 0 Å². The van der Waals surface area contributed by atoms with Crippen LogP contribution >= 0.6 is 0 Å². The Morgan fingerprint density at radius 1 is 1.12 bits per heavy atom. The Labute approximate surface area is 189 Å².